The number of anilines is 3. The van der Waals surface area contributed by atoms with Crippen LogP contribution in [0, 0.1) is 0 Å². The first kappa shape index (κ1) is 22.3. The minimum Gasteiger partial charge on any atom is -0.368 e. The van der Waals surface area contributed by atoms with Crippen LogP contribution in [-0.4, -0.2) is 60.5 Å². The molecule has 10 heteroatoms. The van der Waals surface area contributed by atoms with Gasteiger partial charge < -0.3 is 25.8 Å². The Bertz CT molecular complexity index is 1330. The molecule has 0 spiro atoms. The van der Waals surface area contributed by atoms with E-state index in [1.807, 2.05) is 21.6 Å². The standard InChI is InChI=1S/C25H24Cl2N6O2/c26-17-3-6-19(27)16(13-17)14-32-12-9-29-23-21(32)20-22(33(20)23)24(34)30-18-4-1-15(2-5-18)25(35)31-10-7-28-8-11-31/h1-6,13,28-29H,7-12,14H2,(H,30,34). The second-order valence-corrected chi connectivity index (χ2v) is 9.73. The van der Waals surface area contributed by atoms with Gasteiger partial charge in [-0.25, -0.2) is 0 Å². The molecule has 0 aliphatic carbocycles. The molecule has 0 saturated carbocycles. The number of benzene rings is 2. The topological polar surface area (TPSA) is 81.6 Å². The van der Waals surface area contributed by atoms with E-state index in [1.54, 1.807) is 30.3 Å². The van der Waals surface area contributed by atoms with Crippen molar-refractivity contribution in [1.82, 2.24) is 14.8 Å². The maximum absolute atomic E-state index is 13.0. The summed E-state index contributed by atoms with van der Waals surface area (Å²) in [6, 6.07) is 12.5. The maximum atomic E-state index is 13.0. The predicted molar refractivity (Wildman–Crippen MR) is 138 cm³/mol. The normalized spacial score (nSPS) is 15.9. The number of carbonyl (C=O) groups excluding carboxylic acids is 2. The van der Waals surface area contributed by atoms with Gasteiger partial charge in [0.2, 0.25) is 0 Å². The number of aromatic nitrogens is 1. The van der Waals surface area contributed by atoms with Crippen LogP contribution in [0.5, 0.6) is 0 Å². The molecule has 1 saturated heterocycles. The lowest BCUT2D eigenvalue weighted by Crippen LogP contribution is -2.46. The number of carbonyl (C=O) groups is 2. The Kier molecular flexibility index (Phi) is 5.59. The SMILES string of the molecule is O=C(Nc1ccc(C(=O)N2CCNCC2)cc1)c1c2c3c(n1-2)NCCN3Cc1cc(Cl)ccc1Cl. The van der Waals surface area contributed by atoms with Gasteiger partial charge in [0.05, 0.1) is 0 Å². The molecule has 0 unspecified atom stereocenters. The minimum absolute atomic E-state index is 0.0171. The van der Waals surface area contributed by atoms with Gasteiger partial charge in [-0.2, -0.15) is 0 Å². The minimum atomic E-state index is -0.168. The van der Waals surface area contributed by atoms with E-state index in [9.17, 15) is 9.59 Å². The molecular formula is C25H24Cl2N6O2. The number of halogens is 2. The third-order valence-electron chi connectivity index (χ3n) is 6.66. The van der Waals surface area contributed by atoms with Gasteiger partial charge in [0, 0.05) is 67.1 Å². The van der Waals surface area contributed by atoms with Crippen molar-refractivity contribution in [3.05, 3.63) is 69.3 Å². The predicted octanol–water partition coefficient (Wildman–Crippen LogP) is 3.83. The summed E-state index contributed by atoms with van der Waals surface area (Å²) in [7, 11) is 0. The second-order valence-electron chi connectivity index (χ2n) is 8.89. The van der Waals surface area contributed by atoms with Crippen molar-refractivity contribution < 1.29 is 9.59 Å². The fraction of sp³-hybridized carbons (Fsp3) is 0.280. The Labute approximate surface area is 212 Å². The number of rotatable bonds is 5. The lowest BCUT2D eigenvalue weighted by Gasteiger charge is -2.34. The first-order chi connectivity index (χ1) is 17.0. The van der Waals surface area contributed by atoms with Crippen LogP contribution < -0.4 is 20.9 Å². The first-order valence-electron chi connectivity index (χ1n) is 11.6. The summed E-state index contributed by atoms with van der Waals surface area (Å²) in [4.78, 5) is 29.7. The number of hydrogen-bond donors (Lipinski definition) is 3. The highest BCUT2D eigenvalue weighted by Gasteiger charge is 2.45. The van der Waals surface area contributed by atoms with Crippen LogP contribution >= 0.6 is 23.2 Å². The van der Waals surface area contributed by atoms with E-state index in [2.05, 4.69) is 20.9 Å². The van der Waals surface area contributed by atoms with Crippen LogP contribution in [0.15, 0.2) is 42.5 Å². The smallest absolute Gasteiger partial charge is 0.274 e. The third kappa shape index (κ3) is 4.01. The van der Waals surface area contributed by atoms with Crippen molar-refractivity contribution in [2.45, 2.75) is 6.54 Å². The molecule has 8 nitrogen and oxygen atoms in total. The number of nitrogens with zero attached hydrogens (tertiary/aromatic N) is 3. The summed E-state index contributed by atoms with van der Waals surface area (Å²) in [6.45, 7) is 5.23. The Morgan fingerprint density at radius 3 is 2.49 bits per heavy atom. The first-order valence-corrected chi connectivity index (χ1v) is 12.4. The van der Waals surface area contributed by atoms with Crippen molar-refractivity contribution in [1.29, 1.82) is 0 Å². The average molecular weight is 511 g/mol. The van der Waals surface area contributed by atoms with E-state index in [-0.39, 0.29) is 11.8 Å². The summed E-state index contributed by atoms with van der Waals surface area (Å²) in [5, 5.41) is 10.9. The van der Waals surface area contributed by atoms with Gasteiger partial charge in [0.1, 0.15) is 22.9 Å². The van der Waals surface area contributed by atoms with Crippen molar-refractivity contribution in [3.8, 4) is 5.69 Å². The molecule has 4 aliphatic rings. The number of amides is 2. The van der Waals surface area contributed by atoms with Gasteiger partial charge in [-0.15, -0.1) is 0 Å². The van der Waals surface area contributed by atoms with E-state index in [0.717, 1.165) is 48.9 Å². The fourth-order valence-electron chi connectivity index (χ4n) is 4.83. The van der Waals surface area contributed by atoms with Crippen LogP contribution in [0.25, 0.3) is 5.69 Å². The van der Waals surface area contributed by atoms with Crippen molar-refractivity contribution in [2.75, 3.05) is 54.8 Å². The van der Waals surface area contributed by atoms with E-state index in [1.165, 1.54) is 0 Å². The molecule has 4 aliphatic heterocycles. The summed E-state index contributed by atoms with van der Waals surface area (Å²) in [5.74, 6) is 0.799. The molecule has 180 valence electrons. The molecule has 6 rings (SSSR count). The van der Waals surface area contributed by atoms with Gasteiger partial charge in [0.15, 0.2) is 0 Å². The van der Waals surface area contributed by atoms with Crippen LogP contribution in [0.2, 0.25) is 10.0 Å². The molecule has 0 radical (unpaired) electrons. The number of fused-ring (bicyclic) bond motifs is 4. The lowest BCUT2D eigenvalue weighted by atomic mass is 10.1. The van der Waals surface area contributed by atoms with E-state index in [4.69, 9.17) is 23.2 Å². The Morgan fingerprint density at radius 1 is 0.943 bits per heavy atom. The van der Waals surface area contributed by atoms with E-state index in [0.29, 0.717) is 46.6 Å². The molecule has 35 heavy (non-hydrogen) atoms. The Hall–Kier alpha value is -3.20. The van der Waals surface area contributed by atoms with Crippen molar-refractivity contribution >= 4 is 52.2 Å². The molecule has 4 heterocycles. The van der Waals surface area contributed by atoms with Crippen LogP contribution in [0.4, 0.5) is 17.2 Å². The molecule has 2 aromatic carbocycles. The molecule has 2 aromatic rings. The molecule has 0 bridgehead atoms. The van der Waals surface area contributed by atoms with Gasteiger partial charge in [0.25, 0.3) is 11.8 Å². The largest absolute Gasteiger partial charge is 0.368 e. The third-order valence-corrected chi connectivity index (χ3v) is 7.27. The average Bonchev–Trinajstić information content (AvgIpc) is 3.53. The summed E-state index contributed by atoms with van der Waals surface area (Å²) in [5.41, 5.74) is 4.85. The molecule has 1 fully saturated rings. The number of hydrogen-bond acceptors (Lipinski definition) is 5. The summed E-state index contributed by atoms with van der Waals surface area (Å²) >= 11 is 12.5. The summed E-state index contributed by atoms with van der Waals surface area (Å²) < 4.78 is 1.94. The van der Waals surface area contributed by atoms with Crippen molar-refractivity contribution in [2.24, 2.45) is 0 Å². The summed E-state index contributed by atoms with van der Waals surface area (Å²) in [6.07, 6.45) is 0. The van der Waals surface area contributed by atoms with Gasteiger partial charge in [-0.1, -0.05) is 23.2 Å². The zero-order chi connectivity index (χ0) is 24.1. The lowest BCUT2D eigenvalue weighted by molar-refractivity contribution is 0.0735. The molecule has 0 aromatic heterocycles. The zero-order valence-electron chi connectivity index (χ0n) is 18.9. The quantitative estimate of drug-likeness (QED) is 0.380. The highest BCUT2D eigenvalue weighted by molar-refractivity contribution is 6.33. The van der Waals surface area contributed by atoms with Crippen LogP contribution in [0.3, 0.4) is 0 Å². The Morgan fingerprint density at radius 2 is 1.71 bits per heavy atom. The highest BCUT2D eigenvalue weighted by atomic mass is 35.5. The maximum Gasteiger partial charge on any atom is 0.274 e. The fourth-order valence-corrected chi connectivity index (χ4v) is 5.20. The number of piperazine rings is 1. The highest BCUT2D eigenvalue weighted by Crippen LogP contribution is 2.54. The molecular weight excluding hydrogens is 487 g/mol. The van der Waals surface area contributed by atoms with E-state index >= 15 is 0 Å². The van der Waals surface area contributed by atoms with Crippen molar-refractivity contribution in [3.63, 3.8) is 0 Å². The molecule has 0 atom stereocenters. The number of nitrogens with one attached hydrogen (secondary N) is 3. The molecule has 3 N–H and O–H groups in total. The molecule has 2 amide bonds. The van der Waals surface area contributed by atoms with E-state index < -0.39 is 0 Å². The van der Waals surface area contributed by atoms with Crippen LogP contribution in [-0.2, 0) is 6.54 Å². The van der Waals surface area contributed by atoms with Gasteiger partial charge >= 0.3 is 0 Å². The van der Waals surface area contributed by atoms with Crippen LogP contribution in [0.1, 0.15) is 26.4 Å². The van der Waals surface area contributed by atoms with Gasteiger partial charge in [-0.3, -0.25) is 14.2 Å². The Balaban J connectivity index is 1.15. The zero-order valence-corrected chi connectivity index (χ0v) is 20.4. The second kappa shape index (κ2) is 8.78. The van der Waals surface area contributed by atoms with Gasteiger partial charge in [-0.05, 0) is 48.0 Å². The monoisotopic (exact) mass is 510 g/mol.